The van der Waals surface area contributed by atoms with E-state index in [2.05, 4.69) is 21.8 Å². The lowest BCUT2D eigenvalue weighted by Crippen LogP contribution is -2.21. The average molecular weight is 285 g/mol. The number of nitrogens with zero attached hydrogens (tertiary/aromatic N) is 3. The first-order valence-electron chi connectivity index (χ1n) is 6.99. The molecule has 5 nitrogen and oxygen atoms in total. The van der Waals surface area contributed by atoms with Crippen LogP contribution in [0, 0.1) is 0 Å². The van der Waals surface area contributed by atoms with E-state index in [1.807, 2.05) is 30.3 Å². The maximum atomic E-state index is 11.6. The second-order valence-electron chi connectivity index (χ2n) is 4.59. The molecule has 0 atom stereocenters. The monoisotopic (exact) mass is 285 g/mol. The summed E-state index contributed by atoms with van der Waals surface area (Å²) in [4.78, 5) is 22.1. The van der Waals surface area contributed by atoms with Crippen LogP contribution in [0.4, 0.5) is 11.5 Å². The van der Waals surface area contributed by atoms with Gasteiger partial charge in [-0.25, -0.2) is 9.78 Å². The molecule has 0 fully saturated rings. The van der Waals surface area contributed by atoms with Gasteiger partial charge in [-0.1, -0.05) is 31.5 Å². The molecule has 1 heterocycles. The standard InChI is InChI=1S/C16H19N3O2/c1-3-4-10-19(13-8-6-5-7-9-13)15-12-17-11-14(18-15)16(20)21-2/h5-9,11-12H,3-4,10H2,1-2H3. The molecule has 0 unspecified atom stereocenters. The van der Waals surface area contributed by atoms with Crippen LogP contribution in [0.15, 0.2) is 42.7 Å². The van der Waals surface area contributed by atoms with Gasteiger partial charge in [0.1, 0.15) is 0 Å². The molecule has 5 heteroatoms. The first kappa shape index (κ1) is 15.0. The summed E-state index contributed by atoms with van der Waals surface area (Å²) in [5, 5.41) is 0. The topological polar surface area (TPSA) is 55.3 Å². The number of methoxy groups -OCH3 is 1. The number of hydrogen-bond donors (Lipinski definition) is 0. The summed E-state index contributed by atoms with van der Waals surface area (Å²) in [6, 6.07) is 9.96. The number of aromatic nitrogens is 2. The summed E-state index contributed by atoms with van der Waals surface area (Å²) >= 11 is 0. The summed E-state index contributed by atoms with van der Waals surface area (Å²) in [5.74, 6) is 0.172. The van der Waals surface area contributed by atoms with Crippen molar-refractivity contribution in [1.29, 1.82) is 0 Å². The fourth-order valence-corrected chi connectivity index (χ4v) is 1.99. The Bertz CT molecular complexity index is 587. The van der Waals surface area contributed by atoms with Crippen LogP contribution in [-0.2, 0) is 4.74 Å². The predicted molar refractivity (Wildman–Crippen MR) is 81.7 cm³/mol. The number of hydrogen-bond acceptors (Lipinski definition) is 5. The molecule has 0 saturated carbocycles. The molecule has 0 aliphatic rings. The fourth-order valence-electron chi connectivity index (χ4n) is 1.99. The largest absolute Gasteiger partial charge is 0.464 e. The number of ether oxygens (including phenoxy) is 1. The molecule has 0 radical (unpaired) electrons. The van der Waals surface area contributed by atoms with Gasteiger partial charge in [-0.05, 0) is 18.6 Å². The smallest absolute Gasteiger partial charge is 0.358 e. The Morgan fingerprint density at radius 2 is 2.00 bits per heavy atom. The fraction of sp³-hybridized carbons (Fsp3) is 0.312. The molecule has 1 aromatic heterocycles. The normalized spacial score (nSPS) is 10.2. The minimum Gasteiger partial charge on any atom is -0.464 e. The molecule has 0 saturated heterocycles. The number of rotatable bonds is 6. The lowest BCUT2D eigenvalue weighted by Gasteiger charge is -2.23. The predicted octanol–water partition coefficient (Wildman–Crippen LogP) is 3.20. The van der Waals surface area contributed by atoms with Gasteiger partial charge in [-0.15, -0.1) is 0 Å². The zero-order chi connectivity index (χ0) is 15.1. The van der Waals surface area contributed by atoms with Crippen LogP contribution < -0.4 is 4.90 Å². The summed E-state index contributed by atoms with van der Waals surface area (Å²) in [6.07, 6.45) is 5.18. The molecule has 0 aliphatic heterocycles. The maximum Gasteiger partial charge on any atom is 0.358 e. The van der Waals surface area contributed by atoms with Crippen molar-refractivity contribution in [1.82, 2.24) is 9.97 Å². The van der Waals surface area contributed by atoms with Gasteiger partial charge < -0.3 is 9.64 Å². The van der Waals surface area contributed by atoms with E-state index in [-0.39, 0.29) is 5.69 Å². The van der Waals surface area contributed by atoms with Crippen LogP contribution >= 0.6 is 0 Å². The number of benzene rings is 1. The van der Waals surface area contributed by atoms with Crippen molar-refractivity contribution in [2.45, 2.75) is 19.8 Å². The van der Waals surface area contributed by atoms with Crippen molar-refractivity contribution in [3.05, 3.63) is 48.4 Å². The van der Waals surface area contributed by atoms with E-state index in [9.17, 15) is 4.79 Å². The number of para-hydroxylation sites is 1. The van der Waals surface area contributed by atoms with Gasteiger partial charge in [0.2, 0.25) is 0 Å². The van der Waals surface area contributed by atoms with Gasteiger partial charge in [0.05, 0.1) is 19.5 Å². The van der Waals surface area contributed by atoms with Crippen LogP contribution in [0.3, 0.4) is 0 Å². The molecule has 2 rings (SSSR count). The zero-order valence-corrected chi connectivity index (χ0v) is 12.3. The number of unbranched alkanes of at least 4 members (excludes halogenated alkanes) is 1. The zero-order valence-electron chi connectivity index (χ0n) is 12.3. The van der Waals surface area contributed by atoms with E-state index in [0.717, 1.165) is 25.1 Å². The van der Waals surface area contributed by atoms with Crippen LogP contribution in [0.5, 0.6) is 0 Å². The molecule has 110 valence electrons. The van der Waals surface area contributed by atoms with E-state index >= 15 is 0 Å². The lowest BCUT2D eigenvalue weighted by molar-refractivity contribution is 0.0593. The van der Waals surface area contributed by atoms with Crippen molar-refractivity contribution in [2.75, 3.05) is 18.6 Å². The summed E-state index contributed by atoms with van der Waals surface area (Å²) in [6.45, 7) is 2.96. The molecule has 2 aromatic rings. The number of esters is 1. The SMILES string of the molecule is CCCCN(c1ccccc1)c1cncc(C(=O)OC)n1. The van der Waals surface area contributed by atoms with Crippen LogP contribution in [0.2, 0.25) is 0 Å². The van der Waals surface area contributed by atoms with Crippen molar-refractivity contribution in [3.63, 3.8) is 0 Å². The Morgan fingerprint density at radius 1 is 1.24 bits per heavy atom. The molecule has 0 bridgehead atoms. The van der Waals surface area contributed by atoms with E-state index in [0.29, 0.717) is 5.82 Å². The minimum atomic E-state index is -0.479. The molecule has 0 amide bonds. The van der Waals surface area contributed by atoms with Crippen molar-refractivity contribution < 1.29 is 9.53 Å². The molecule has 0 spiro atoms. The molecular formula is C16H19N3O2. The second kappa shape index (κ2) is 7.38. The van der Waals surface area contributed by atoms with Gasteiger partial charge in [-0.3, -0.25) is 4.98 Å². The summed E-state index contributed by atoms with van der Waals surface area (Å²) < 4.78 is 4.70. The van der Waals surface area contributed by atoms with Gasteiger partial charge >= 0.3 is 5.97 Å². The van der Waals surface area contributed by atoms with Crippen LogP contribution in [0.25, 0.3) is 0 Å². The van der Waals surface area contributed by atoms with Gasteiger partial charge in [0.25, 0.3) is 0 Å². The first-order chi connectivity index (χ1) is 10.3. The third-order valence-electron chi connectivity index (χ3n) is 3.10. The second-order valence-corrected chi connectivity index (χ2v) is 4.59. The Kier molecular flexibility index (Phi) is 5.26. The van der Waals surface area contributed by atoms with E-state index in [4.69, 9.17) is 4.74 Å². The Hall–Kier alpha value is -2.43. The molecule has 21 heavy (non-hydrogen) atoms. The first-order valence-corrected chi connectivity index (χ1v) is 6.99. The molecule has 1 aromatic carbocycles. The number of carbonyl (C=O) groups excluding carboxylic acids is 1. The van der Waals surface area contributed by atoms with Gasteiger partial charge in [0, 0.05) is 12.2 Å². The number of anilines is 2. The van der Waals surface area contributed by atoms with Gasteiger partial charge in [-0.2, -0.15) is 0 Å². The summed E-state index contributed by atoms with van der Waals surface area (Å²) in [7, 11) is 1.34. The molecule has 0 aliphatic carbocycles. The number of carbonyl (C=O) groups is 1. The van der Waals surface area contributed by atoms with Crippen LogP contribution in [-0.4, -0.2) is 29.6 Å². The molecular weight excluding hydrogens is 266 g/mol. The average Bonchev–Trinajstić information content (AvgIpc) is 2.56. The highest BCUT2D eigenvalue weighted by molar-refractivity contribution is 5.87. The highest BCUT2D eigenvalue weighted by atomic mass is 16.5. The van der Waals surface area contributed by atoms with Gasteiger partial charge in [0.15, 0.2) is 11.5 Å². The highest BCUT2D eigenvalue weighted by Crippen LogP contribution is 2.23. The quantitative estimate of drug-likeness (QED) is 0.763. The third kappa shape index (κ3) is 3.78. The third-order valence-corrected chi connectivity index (χ3v) is 3.10. The van der Waals surface area contributed by atoms with Crippen molar-refractivity contribution >= 4 is 17.5 Å². The van der Waals surface area contributed by atoms with E-state index in [1.54, 1.807) is 6.20 Å². The highest BCUT2D eigenvalue weighted by Gasteiger charge is 2.14. The molecule has 0 N–H and O–H groups in total. The van der Waals surface area contributed by atoms with E-state index < -0.39 is 5.97 Å². The van der Waals surface area contributed by atoms with Crippen molar-refractivity contribution in [2.24, 2.45) is 0 Å². The Morgan fingerprint density at radius 3 is 2.67 bits per heavy atom. The van der Waals surface area contributed by atoms with E-state index in [1.165, 1.54) is 13.3 Å². The van der Waals surface area contributed by atoms with Crippen molar-refractivity contribution in [3.8, 4) is 0 Å². The minimum absolute atomic E-state index is 0.215. The maximum absolute atomic E-state index is 11.6. The Labute approximate surface area is 124 Å². The van der Waals surface area contributed by atoms with Crippen LogP contribution in [0.1, 0.15) is 30.3 Å². The summed E-state index contributed by atoms with van der Waals surface area (Å²) in [5.41, 5.74) is 1.25. The lowest BCUT2D eigenvalue weighted by atomic mass is 10.2. The Balaban J connectivity index is 2.34.